The Bertz CT molecular complexity index is 196. The third kappa shape index (κ3) is 6.72. The summed E-state index contributed by atoms with van der Waals surface area (Å²) < 4.78 is 0. The summed E-state index contributed by atoms with van der Waals surface area (Å²) in [6.07, 6.45) is 6.85. The van der Waals surface area contributed by atoms with E-state index in [0.717, 1.165) is 6.54 Å². The minimum absolute atomic E-state index is 0.640. The second kappa shape index (κ2) is 9.76. The zero-order valence-electron chi connectivity index (χ0n) is 12.5. The molecule has 1 heterocycles. The van der Waals surface area contributed by atoms with Crippen LogP contribution in [0.15, 0.2) is 0 Å². The molecule has 2 N–H and O–H groups in total. The monoisotopic (exact) mass is 255 g/mol. The lowest BCUT2D eigenvalue weighted by Gasteiger charge is -2.24. The molecule has 1 saturated heterocycles. The quantitative estimate of drug-likeness (QED) is 0.675. The first kappa shape index (κ1) is 15.9. The van der Waals surface area contributed by atoms with Gasteiger partial charge in [0, 0.05) is 19.6 Å². The normalized spacial score (nSPS) is 20.8. The van der Waals surface area contributed by atoms with Crippen molar-refractivity contribution in [3.05, 3.63) is 0 Å². The van der Waals surface area contributed by atoms with Crippen LogP contribution in [0, 0.1) is 5.92 Å². The highest BCUT2D eigenvalue weighted by atomic mass is 15.2. The topological polar surface area (TPSA) is 32.5 Å². The molecule has 0 saturated carbocycles. The van der Waals surface area contributed by atoms with Crippen LogP contribution in [0.2, 0.25) is 0 Å². The predicted octanol–water partition coefficient (Wildman–Crippen LogP) is 2.17. The first-order valence-electron chi connectivity index (χ1n) is 7.91. The molecule has 1 unspecified atom stereocenters. The predicted molar refractivity (Wildman–Crippen MR) is 79.9 cm³/mol. The van der Waals surface area contributed by atoms with Gasteiger partial charge in [-0.25, -0.2) is 0 Å². The van der Waals surface area contributed by atoms with E-state index in [-0.39, 0.29) is 0 Å². The number of hydrogen-bond donors (Lipinski definition) is 1. The third-order valence-corrected chi connectivity index (χ3v) is 3.98. The lowest BCUT2D eigenvalue weighted by atomic mass is 10.1. The van der Waals surface area contributed by atoms with Crippen molar-refractivity contribution in [2.45, 2.75) is 46.0 Å². The molecule has 18 heavy (non-hydrogen) atoms. The van der Waals surface area contributed by atoms with Crippen molar-refractivity contribution in [1.82, 2.24) is 9.80 Å². The van der Waals surface area contributed by atoms with Crippen molar-refractivity contribution in [3.63, 3.8) is 0 Å². The van der Waals surface area contributed by atoms with E-state index in [0.29, 0.717) is 5.92 Å². The van der Waals surface area contributed by atoms with Crippen molar-refractivity contribution in [1.29, 1.82) is 0 Å². The second-order valence-corrected chi connectivity index (χ2v) is 5.90. The highest BCUT2D eigenvalue weighted by Crippen LogP contribution is 2.08. The van der Waals surface area contributed by atoms with Gasteiger partial charge >= 0.3 is 0 Å². The summed E-state index contributed by atoms with van der Waals surface area (Å²) in [5.41, 5.74) is 5.71. The maximum absolute atomic E-state index is 5.71. The Kier molecular flexibility index (Phi) is 8.64. The highest BCUT2D eigenvalue weighted by Gasteiger charge is 2.15. The van der Waals surface area contributed by atoms with E-state index in [9.17, 15) is 0 Å². The van der Waals surface area contributed by atoms with E-state index in [1.54, 1.807) is 0 Å². The summed E-state index contributed by atoms with van der Waals surface area (Å²) in [5, 5.41) is 0. The Hall–Kier alpha value is -0.120. The van der Waals surface area contributed by atoms with Crippen LogP contribution in [0.5, 0.6) is 0 Å². The van der Waals surface area contributed by atoms with Gasteiger partial charge in [0.25, 0.3) is 0 Å². The molecule has 1 rings (SSSR count). The molecule has 0 aliphatic carbocycles. The summed E-state index contributed by atoms with van der Waals surface area (Å²) in [7, 11) is 0. The van der Waals surface area contributed by atoms with E-state index in [4.69, 9.17) is 5.73 Å². The van der Waals surface area contributed by atoms with Gasteiger partial charge in [0.05, 0.1) is 0 Å². The van der Waals surface area contributed by atoms with Gasteiger partial charge in [0.15, 0.2) is 0 Å². The van der Waals surface area contributed by atoms with Crippen LogP contribution in [-0.4, -0.2) is 55.6 Å². The summed E-state index contributed by atoms with van der Waals surface area (Å²) in [4.78, 5) is 5.26. The molecule has 1 aliphatic rings. The molecule has 108 valence electrons. The van der Waals surface area contributed by atoms with Crippen molar-refractivity contribution in [2.75, 3.05) is 45.8 Å². The number of nitrogens with two attached hydrogens (primary N) is 1. The standard InChI is InChI=1S/C15H33N3/c1-3-4-5-6-8-17-9-7-10-18(12-11-17)14-15(2)13-16/h15H,3-14,16H2,1-2H3. The molecular weight excluding hydrogens is 222 g/mol. The van der Waals surface area contributed by atoms with Crippen LogP contribution in [0.4, 0.5) is 0 Å². The third-order valence-electron chi connectivity index (χ3n) is 3.98. The van der Waals surface area contributed by atoms with Crippen molar-refractivity contribution >= 4 is 0 Å². The summed E-state index contributed by atoms with van der Waals surface area (Å²) in [6, 6.07) is 0. The highest BCUT2D eigenvalue weighted by molar-refractivity contribution is 4.71. The SMILES string of the molecule is CCCCCCN1CCCN(CC(C)CN)CC1. The number of rotatable bonds is 8. The Labute approximate surface area is 114 Å². The Morgan fingerprint density at radius 2 is 1.72 bits per heavy atom. The largest absolute Gasteiger partial charge is 0.330 e. The number of unbranched alkanes of at least 4 members (excludes halogenated alkanes) is 3. The fourth-order valence-electron chi connectivity index (χ4n) is 2.71. The maximum Gasteiger partial charge on any atom is 0.0109 e. The molecule has 1 aliphatic heterocycles. The van der Waals surface area contributed by atoms with Gasteiger partial charge in [0.1, 0.15) is 0 Å². The number of nitrogens with zero attached hydrogens (tertiary/aromatic N) is 2. The molecule has 0 amide bonds. The van der Waals surface area contributed by atoms with Gasteiger partial charge in [-0.3, -0.25) is 0 Å². The molecular formula is C15H33N3. The number of hydrogen-bond acceptors (Lipinski definition) is 3. The van der Waals surface area contributed by atoms with Gasteiger partial charge in [-0.05, 0) is 44.9 Å². The Balaban J connectivity index is 2.15. The zero-order valence-corrected chi connectivity index (χ0v) is 12.5. The zero-order chi connectivity index (χ0) is 13.2. The molecule has 1 atom stereocenters. The molecule has 1 fully saturated rings. The van der Waals surface area contributed by atoms with Gasteiger partial charge < -0.3 is 15.5 Å². The molecule has 0 bridgehead atoms. The van der Waals surface area contributed by atoms with Gasteiger partial charge in [-0.15, -0.1) is 0 Å². The summed E-state index contributed by atoms with van der Waals surface area (Å²) in [6.45, 7) is 12.9. The van der Waals surface area contributed by atoms with E-state index in [1.165, 1.54) is 71.4 Å². The molecule has 3 nitrogen and oxygen atoms in total. The van der Waals surface area contributed by atoms with Crippen LogP contribution >= 0.6 is 0 Å². The summed E-state index contributed by atoms with van der Waals surface area (Å²) >= 11 is 0. The molecule has 0 aromatic heterocycles. The average molecular weight is 255 g/mol. The van der Waals surface area contributed by atoms with Gasteiger partial charge in [0.2, 0.25) is 0 Å². The fourth-order valence-corrected chi connectivity index (χ4v) is 2.71. The van der Waals surface area contributed by atoms with Crippen LogP contribution in [0.1, 0.15) is 46.0 Å². The van der Waals surface area contributed by atoms with Gasteiger partial charge in [-0.1, -0.05) is 33.1 Å². The minimum atomic E-state index is 0.640. The molecule has 0 aromatic carbocycles. The van der Waals surface area contributed by atoms with E-state index >= 15 is 0 Å². The van der Waals surface area contributed by atoms with Crippen LogP contribution in [0.3, 0.4) is 0 Å². The van der Waals surface area contributed by atoms with Gasteiger partial charge in [-0.2, -0.15) is 0 Å². The first-order valence-corrected chi connectivity index (χ1v) is 7.91. The molecule has 3 heteroatoms. The van der Waals surface area contributed by atoms with Crippen molar-refractivity contribution in [2.24, 2.45) is 11.7 Å². The van der Waals surface area contributed by atoms with E-state index in [1.807, 2.05) is 0 Å². The van der Waals surface area contributed by atoms with Crippen LogP contribution < -0.4 is 5.73 Å². The van der Waals surface area contributed by atoms with Crippen LogP contribution in [0.25, 0.3) is 0 Å². The van der Waals surface area contributed by atoms with E-state index < -0.39 is 0 Å². The van der Waals surface area contributed by atoms with E-state index in [2.05, 4.69) is 23.6 Å². The fraction of sp³-hybridized carbons (Fsp3) is 1.00. The lowest BCUT2D eigenvalue weighted by molar-refractivity contribution is 0.233. The average Bonchev–Trinajstić information content (AvgIpc) is 2.60. The molecule has 0 radical (unpaired) electrons. The molecule has 0 spiro atoms. The minimum Gasteiger partial charge on any atom is -0.330 e. The first-order chi connectivity index (χ1) is 8.76. The van der Waals surface area contributed by atoms with Crippen molar-refractivity contribution in [3.8, 4) is 0 Å². The van der Waals surface area contributed by atoms with Crippen molar-refractivity contribution < 1.29 is 0 Å². The smallest absolute Gasteiger partial charge is 0.0109 e. The van der Waals surface area contributed by atoms with Crippen LogP contribution in [-0.2, 0) is 0 Å². The summed E-state index contributed by atoms with van der Waals surface area (Å²) in [5.74, 6) is 0.640. The lowest BCUT2D eigenvalue weighted by Crippen LogP contribution is -2.35. The Morgan fingerprint density at radius 3 is 2.44 bits per heavy atom. The Morgan fingerprint density at radius 1 is 1.00 bits per heavy atom. The maximum atomic E-state index is 5.71. The molecule has 0 aromatic rings. The second-order valence-electron chi connectivity index (χ2n) is 5.90.